The number of pyridine rings is 1. The van der Waals surface area contributed by atoms with Gasteiger partial charge in [0, 0.05) is 56.4 Å². The second-order valence-corrected chi connectivity index (χ2v) is 6.68. The maximum absolute atomic E-state index is 5.83. The molecule has 1 saturated heterocycles. The molecule has 4 heterocycles. The SMILES string of the molecule is COc1cc(N2CCCC(c3nccn3Cc3ccncc3)C2)nc(N)n1. The zero-order chi connectivity index (χ0) is 18.6. The summed E-state index contributed by atoms with van der Waals surface area (Å²) in [5.41, 5.74) is 7.04. The standard InChI is InChI=1S/C19H23N7O/c1-27-17-11-16(23-19(20)24-17)25-9-2-3-15(13-25)18-22-8-10-26(18)12-14-4-6-21-7-5-14/h4-8,10-11,15H,2-3,9,12-13H2,1H3,(H2,20,23,24). The molecule has 140 valence electrons. The molecule has 1 unspecified atom stereocenters. The summed E-state index contributed by atoms with van der Waals surface area (Å²) in [7, 11) is 1.58. The number of nitrogen functional groups attached to an aromatic ring is 1. The Morgan fingerprint density at radius 2 is 2.07 bits per heavy atom. The molecule has 0 aliphatic carbocycles. The third-order valence-electron chi connectivity index (χ3n) is 4.88. The van der Waals surface area contributed by atoms with Gasteiger partial charge in [-0.1, -0.05) is 0 Å². The number of aromatic nitrogens is 5. The Bertz CT molecular complexity index is 896. The lowest BCUT2D eigenvalue weighted by molar-refractivity contribution is 0.397. The number of rotatable bonds is 5. The first-order valence-corrected chi connectivity index (χ1v) is 9.06. The lowest BCUT2D eigenvalue weighted by Crippen LogP contribution is -2.36. The van der Waals surface area contributed by atoms with E-state index in [9.17, 15) is 0 Å². The lowest BCUT2D eigenvalue weighted by atomic mass is 9.97. The molecule has 0 aromatic carbocycles. The van der Waals surface area contributed by atoms with Crippen molar-refractivity contribution in [3.63, 3.8) is 0 Å². The van der Waals surface area contributed by atoms with E-state index in [1.165, 1.54) is 5.56 Å². The lowest BCUT2D eigenvalue weighted by Gasteiger charge is -2.33. The molecule has 4 rings (SSSR count). The summed E-state index contributed by atoms with van der Waals surface area (Å²) < 4.78 is 7.45. The minimum atomic E-state index is 0.227. The van der Waals surface area contributed by atoms with Crippen LogP contribution < -0.4 is 15.4 Å². The summed E-state index contributed by atoms with van der Waals surface area (Å²) in [4.78, 5) is 19.4. The van der Waals surface area contributed by atoms with E-state index in [1.807, 2.05) is 43.0 Å². The first-order chi connectivity index (χ1) is 13.2. The number of piperidine rings is 1. The van der Waals surface area contributed by atoms with Crippen LogP contribution in [0.3, 0.4) is 0 Å². The van der Waals surface area contributed by atoms with Gasteiger partial charge in [-0.05, 0) is 30.5 Å². The largest absolute Gasteiger partial charge is 0.481 e. The maximum atomic E-state index is 5.83. The van der Waals surface area contributed by atoms with Crippen molar-refractivity contribution in [2.75, 3.05) is 30.8 Å². The molecule has 1 fully saturated rings. The number of nitrogens with zero attached hydrogens (tertiary/aromatic N) is 6. The number of ether oxygens (including phenoxy) is 1. The zero-order valence-electron chi connectivity index (χ0n) is 15.3. The molecule has 8 nitrogen and oxygen atoms in total. The van der Waals surface area contributed by atoms with Crippen molar-refractivity contribution in [1.82, 2.24) is 24.5 Å². The van der Waals surface area contributed by atoms with Gasteiger partial charge in [-0.15, -0.1) is 0 Å². The van der Waals surface area contributed by atoms with E-state index in [1.54, 1.807) is 7.11 Å². The number of methoxy groups -OCH3 is 1. The zero-order valence-corrected chi connectivity index (χ0v) is 15.3. The highest BCUT2D eigenvalue weighted by molar-refractivity contribution is 5.46. The number of nitrogens with two attached hydrogens (primary N) is 1. The van der Waals surface area contributed by atoms with Gasteiger partial charge in [0.05, 0.1) is 7.11 Å². The van der Waals surface area contributed by atoms with E-state index >= 15 is 0 Å². The Morgan fingerprint density at radius 3 is 2.89 bits per heavy atom. The molecule has 0 saturated carbocycles. The molecule has 1 aliphatic rings. The van der Waals surface area contributed by atoms with E-state index in [2.05, 4.69) is 29.4 Å². The summed E-state index contributed by atoms with van der Waals surface area (Å²) in [6, 6.07) is 5.90. The number of anilines is 2. The minimum absolute atomic E-state index is 0.227. The average Bonchev–Trinajstić information content (AvgIpc) is 3.16. The van der Waals surface area contributed by atoms with Gasteiger partial charge < -0.3 is 19.9 Å². The topological polar surface area (TPSA) is 95.0 Å². The van der Waals surface area contributed by atoms with Crippen LogP contribution in [0.4, 0.5) is 11.8 Å². The van der Waals surface area contributed by atoms with Gasteiger partial charge in [0.2, 0.25) is 11.8 Å². The smallest absolute Gasteiger partial charge is 0.225 e. The van der Waals surface area contributed by atoms with Crippen molar-refractivity contribution in [2.24, 2.45) is 0 Å². The van der Waals surface area contributed by atoms with Gasteiger partial charge in [0.25, 0.3) is 0 Å². The van der Waals surface area contributed by atoms with Crippen molar-refractivity contribution >= 4 is 11.8 Å². The molecular weight excluding hydrogens is 342 g/mol. The van der Waals surface area contributed by atoms with Crippen LogP contribution in [0.1, 0.15) is 30.1 Å². The highest BCUT2D eigenvalue weighted by Crippen LogP contribution is 2.30. The summed E-state index contributed by atoms with van der Waals surface area (Å²) in [6.07, 6.45) is 9.73. The number of hydrogen-bond acceptors (Lipinski definition) is 7. The van der Waals surface area contributed by atoms with Crippen LogP contribution in [0, 0.1) is 0 Å². The Hall–Kier alpha value is -3.16. The van der Waals surface area contributed by atoms with Gasteiger partial charge in [0.15, 0.2) is 0 Å². The normalized spacial score (nSPS) is 17.1. The van der Waals surface area contributed by atoms with E-state index in [-0.39, 0.29) is 5.95 Å². The van der Waals surface area contributed by atoms with Crippen LogP contribution in [0.25, 0.3) is 0 Å². The van der Waals surface area contributed by atoms with E-state index in [0.717, 1.165) is 44.1 Å². The summed E-state index contributed by atoms with van der Waals surface area (Å²) >= 11 is 0. The predicted octanol–water partition coefficient (Wildman–Crippen LogP) is 2.09. The van der Waals surface area contributed by atoms with Crippen LogP contribution in [0.15, 0.2) is 43.0 Å². The fourth-order valence-corrected chi connectivity index (χ4v) is 3.59. The molecule has 0 bridgehead atoms. The van der Waals surface area contributed by atoms with Crippen molar-refractivity contribution in [2.45, 2.75) is 25.3 Å². The Morgan fingerprint density at radius 1 is 1.22 bits per heavy atom. The van der Waals surface area contributed by atoms with E-state index in [0.29, 0.717) is 11.8 Å². The molecule has 0 amide bonds. The molecule has 0 spiro atoms. The van der Waals surface area contributed by atoms with Crippen LogP contribution in [-0.4, -0.2) is 44.7 Å². The predicted molar refractivity (Wildman–Crippen MR) is 103 cm³/mol. The monoisotopic (exact) mass is 365 g/mol. The summed E-state index contributed by atoms with van der Waals surface area (Å²) in [6.45, 7) is 2.57. The first kappa shape index (κ1) is 17.3. The number of hydrogen-bond donors (Lipinski definition) is 1. The van der Waals surface area contributed by atoms with Gasteiger partial charge in [-0.2, -0.15) is 9.97 Å². The van der Waals surface area contributed by atoms with E-state index in [4.69, 9.17) is 10.5 Å². The fraction of sp³-hybridized carbons (Fsp3) is 0.368. The fourth-order valence-electron chi connectivity index (χ4n) is 3.59. The van der Waals surface area contributed by atoms with Crippen LogP contribution >= 0.6 is 0 Å². The van der Waals surface area contributed by atoms with Crippen molar-refractivity contribution in [3.05, 3.63) is 54.4 Å². The summed E-state index contributed by atoms with van der Waals surface area (Å²) in [5.74, 6) is 2.95. The second-order valence-electron chi connectivity index (χ2n) is 6.68. The van der Waals surface area contributed by atoms with Gasteiger partial charge in [-0.25, -0.2) is 4.98 Å². The third-order valence-corrected chi connectivity index (χ3v) is 4.88. The second kappa shape index (κ2) is 7.61. The van der Waals surface area contributed by atoms with Crippen LogP contribution in [-0.2, 0) is 6.54 Å². The molecule has 27 heavy (non-hydrogen) atoms. The van der Waals surface area contributed by atoms with Crippen LogP contribution in [0.2, 0.25) is 0 Å². The molecule has 2 N–H and O–H groups in total. The quantitative estimate of drug-likeness (QED) is 0.740. The molecule has 3 aromatic heterocycles. The Kier molecular flexibility index (Phi) is 4.86. The molecule has 8 heteroatoms. The molecule has 1 atom stereocenters. The number of imidazole rings is 1. The summed E-state index contributed by atoms with van der Waals surface area (Å²) in [5, 5.41) is 0. The van der Waals surface area contributed by atoms with Gasteiger partial charge in [-0.3, -0.25) is 4.98 Å². The Balaban J connectivity index is 1.54. The van der Waals surface area contributed by atoms with Gasteiger partial charge in [0.1, 0.15) is 11.6 Å². The van der Waals surface area contributed by atoms with E-state index < -0.39 is 0 Å². The first-order valence-electron chi connectivity index (χ1n) is 9.06. The third kappa shape index (κ3) is 3.84. The van der Waals surface area contributed by atoms with Crippen molar-refractivity contribution in [1.29, 1.82) is 0 Å². The maximum Gasteiger partial charge on any atom is 0.225 e. The van der Waals surface area contributed by atoms with Crippen LogP contribution in [0.5, 0.6) is 5.88 Å². The molecule has 0 radical (unpaired) electrons. The minimum Gasteiger partial charge on any atom is -0.481 e. The molecule has 1 aliphatic heterocycles. The van der Waals surface area contributed by atoms with Crippen molar-refractivity contribution < 1.29 is 4.74 Å². The highest BCUT2D eigenvalue weighted by Gasteiger charge is 2.26. The Labute approximate surface area is 158 Å². The molecular formula is C19H23N7O. The highest BCUT2D eigenvalue weighted by atomic mass is 16.5. The molecule has 3 aromatic rings. The van der Waals surface area contributed by atoms with Crippen molar-refractivity contribution in [3.8, 4) is 5.88 Å². The average molecular weight is 365 g/mol. The van der Waals surface area contributed by atoms with Gasteiger partial charge >= 0.3 is 0 Å².